The van der Waals surface area contributed by atoms with Crippen molar-refractivity contribution in [3.05, 3.63) is 75.7 Å². The van der Waals surface area contributed by atoms with Crippen molar-refractivity contribution in [2.24, 2.45) is 0 Å². The van der Waals surface area contributed by atoms with E-state index in [1.807, 2.05) is 41.1 Å². The van der Waals surface area contributed by atoms with E-state index in [-0.39, 0.29) is 5.82 Å². The van der Waals surface area contributed by atoms with Gasteiger partial charge >= 0.3 is 0 Å². The molecule has 1 aromatic heterocycles. The molecule has 3 aromatic rings. The third-order valence-electron chi connectivity index (χ3n) is 4.94. The molecule has 4 rings (SSSR count). The van der Waals surface area contributed by atoms with Crippen LogP contribution in [0.5, 0.6) is 0 Å². The molecule has 1 aliphatic rings. The number of benzene rings is 2. The molecule has 2 aromatic carbocycles. The van der Waals surface area contributed by atoms with Crippen molar-refractivity contribution in [3.8, 4) is 11.3 Å². The summed E-state index contributed by atoms with van der Waals surface area (Å²) < 4.78 is 16.0. The zero-order valence-electron chi connectivity index (χ0n) is 14.7. The van der Waals surface area contributed by atoms with Crippen LogP contribution in [0, 0.1) is 12.7 Å². The van der Waals surface area contributed by atoms with Gasteiger partial charge in [-0.1, -0.05) is 35.9 Å². The summed E-state index contributed by atoms with van der Waals surface area (Å²) >= 11 is 6.04. The zero-order chi connectivity index (χ0) is 18.1. The summed E-state index contributed by atoms with van der Waals surface area (Å²) in [6.45, 7) is 4.23. The first-order chi connectivity index (χ1) is 12.6. The van der Waals surface area contributed by atoms with Gasteiger partial charge in [0.05, 0.1) is 12.2 Å². The maximum Gasteiger partial charge on any atom is 0.126 e. The molecule has 0 bridgehead atoms. The second kappa shape index (κ2) is 7.22. The Morgan fingerprint density at radius 1 is 1.12 bits per heavy atom. The largest absolute Gasteiger partial charge is 0.316 e. The zero-order valence-corrected chi connectivity index (χ0v) is 15.5. The Morgan fingerprint density at radius 2 is 1.88 bits per heavy atom. The summed E-state index contributed by atoms with van der Waals surface area (Å²) in [5, 5.41) is 9.08. The lowest BCUT2D eigenvalue weighted by molar-refractivity contribution is 0.603. The van der Waals surface area contributed by atoms with Crippen LogP contribution >= 0.6 is 11.6 Å². The van der Waals surface area contributed by atoms with Crippen LogP contribution in [0.4, 0.5) is 4.39 Å². The molecular formula is C21H21ClFN3. The number of nitrogens with one attached hydrogen (secondary N) is 1. The molecule has 5 heteroatoms. The van der Waals surface area contributed by atoms with Crippen LogP contribution in [-0.2, 0) is 19.4 Å². The van der Waals surface area contributed by atoms with Crippen molar-refractivity contribution in [2.75, 3.05) is 13.1 Å². The molecule has 26 heavy (non-hydrogen) atoms. The Hall–Kier alpha value is -2.17. The molecule has 0 saturated carbocycles. The predicted molar refractivity (Wildman–Crippen MR) is 103 cm³/mol. The minimum Gasteiger partial charge on any atom is -0.316 e. The van der Waals surface area contributed by atoms with Crippen LogP contribution in [0.1, 0.15) is 22.4 Å². The number of rotatable bonds is 3. The smallest absolute Gasteiger partial charge is 0.126 e. The Bertz CT molecular complexity index is 931. The number of hydrogen-bond donors (Lipinski definition) is 1. The van der Waals surface area contributed by atoms with Gasteiger partial charge in [-0.15, -0.1) is 0 Å². The molecule has 1 N–H and O–H groups in total. The van der Waals surface area contributed by atoms with Gasteiger partial charge in [0.25, 0.3) is 0 Å². The summed E-state index contributed by atoms with van der Waals surface area (Å²) in [4.78, 5) is 0. The molecule has 3 nitrogen and oxygen atoms in total. The summed E-state index contributed by atoms with van der Waals surface area (Å²) in [7, 11) is 0. The Kier molecular flexibility index (Phi) is 4.79. The van der Waals surface area contributed by atoms with Crippen LogP contribution in [0.25, 0.3) is 11.3 Å². The van der Waals surface area contributed by atoms with Crippen LogP contribution in [0.3, 0.4) is 0 Å². The highest BCUT2D eigenvalue weighted by Crippen LogP contribution is 2.29. The Balaban J connectivity index is 1.76. The van der Waals surface area contributed by atoms with Crippen LogP contribution in [0.2, 0.25) is 5.02 Å². The second-order valence-electron chi connectivity index (χ2n) is 6.77. The maximum atomic E-state index is 13.9. The number of fused-ring (bicyclic) bond motifs is 1. The lowest BCUT2D eigenvalue weighted by atomic mass is 10.0. The van der Waals surface area contributed by atoms with Crippen LogP contribution in [-0.4, -0.2) is 22.9 Å². The van der Waals surface area contributed by atoms with E-state index >= 15 is 0 Å². The van der Waals surface area contributed by atoms with E-state index in [0.29, 0.717) is 12.1 Å². The van der Waals surface area contributed by atoms with Crippen molar-refractivity contribution in [3.63, 3.8) is 0 Å². The van der Waals surface area contributed by atoms with E-state index < -0.39 is 0 Å². The molecule has 0 fully saturated rings. The van der Waals surface area contributed by atoms with E-state index in [4.69, 9.17) is 16.7 Å². The lowest BCUT2D eigenvalue weighted by Gasteiger charge is -2.08. The highest BCUT2D eigenvalue weighted by Gasteiger charge is 2.20. The summed E-state index contributed by atoms with van der Waals surface area (Å²) in [5.74, 6) is -0.166. The number of halogens is 2. The van der Waals surface area contributed by atoms with Gasteiger partial charge in [-0.25, -0.2) is 4.39 Å². The number of aryl methyl sites for hydroxylation is 1. The Labute approximate surface area is 157 Å². The van der Waals surface area contributed by atoms with Crippen molar-refractivity contribution < 1.29 is 4.39 Å². The predicted octanol–water partition coefficient (Wildman–Crippen LogP) is 4.39. The normalized spacial score (nSPS) is 14.1. The monoisotopic (exact) mass is 369 g/mol. The molecule has 2 heterocycles. The summed E-state index contributed by atoms with van der Waals surface area (Å²) in [6, 6.07) is 13.2. The standard InChI is InChI=1S/C21H21ClFN3/c1-14-2-3-15(12-19(14)23)13-26-20-9-11-24-10-8-18(20)21(25-26)16-4-6-17(22)7-5-16/h2-7,12,24H,8-11,13H2,1H3. The number of aromatic nitrogens is 2. The van der Waals surface area contributed by atoms with E-state index in [0.717, 1.165) is 47.8 Å². The van der Waals surface area contributed by atoms with Crippen LogP contribution in [0.15, 0.2) is 42.5 Å². The van der Waals surface area contributed by atoms with E-state index in [9.17, 15) is 4.39 Å². The molecule has 0 saturated heterocycles. The fourth-order valence-electron chi connectivity index (χ4n) is 3.50. The molecule has 1 aliphatic heterocycles. The van der Waals surface area contributed by atoms with Crippen LogP contribution < -0.4 is 5.32 Å². The third kappa shape index (κ3) is 3.39. The topological polar surface area (TPSA) is 29.9 Å². The molecule has 0 spiro atoms. The van der Waals surface area contributed by atoms with Crippen molar-refractivity contribution in [1.82, 2.24) is 15.1 Å². The fourth-order valence-corrected chi connectivity index (χ4v) is 3.63. The summed E-state index contributed by atoms with van der Waals surface area (Å²) in [5.41, 5.74) is 6.19. The second-order valence-corrected chi connectivity index (χ2v) is 7.21. The summed E-state index contributed by atoms with van der Waals surface area (Å²) in [6.07, 6.45) is 1.86. The molecule has 0 unspecified atom stereocenters. The van der Waals surface area contributed by atoms with Gasteiger partial charge in [0.1, 0.15) is 5.82 Å². The van der Waals surface area contributed by atoms with Gasteiger partial charge in [-0.2, -0.15) is 5.10 Å². The molecule has 0 radical (unpaired) electrons. The molecular weight excluding hydrogens is 349 g/mol. The van der Waals surface area contributed by atoms with E-state index in [1.165, 1.54) is 11.3 Å². The van der Waals surface area contributed by atoms with Gasteiger partial charge in [0.2, 0.25) is 0 Å². The molecule has 0 amide bonds. The average molecular weight is 370 g/mol. The third-order valence-corrected chi connectivity index (χ3v) is 5.20. The van der Waals surface area contributed by atoms with Crippen molar-refractivity contribution in [1.29, 1.82) is 0 Å². The van der Waals surface area contributed by atoms with Gasteiger partial charge in [-0.3, -0.25) is 4.68 Å². The van der Waals surface area contributed by atoms with Gasteiger partial charge in [-0.05, 0) is 49.2 Å². The molecule has 0 atom stereocenters. The molecule has 134 valence electrons. The first kappa shape index (κ1) is 17.3. The van der Waals surface area contributed by atoms with Gasteiger partial charge in [0.15, 0.2) is 0 Å². The number of hydrogen-bond acceptors (Lipinski definition) is 2. The van der Waals surface area contributed by atoms with Crippen molar-refractivity contribution in [2.45, 2.75) is 26.3 Å². The van der Waals surface area contributed by atoms with E-state index in [1.54, 1.807) is 13.0 Å². The van der Waals surface area contributed by atoms with E-state index in [2.05, 4.69) is 5.32 Å². The minimum atomic E-state index is -0.166. The first-order valence-electron chi connectivity index (χ1n) is 8.92. The Morgan fingerprint density at radius 3 is 2.65 bits per heavy atom. The average Bonchev–Trinajstić information content (AvgIpc) is 2.81. The van der Waals surface area contributed by atoms with Gasteiger partial charge in [0, 0.05) is 34.8 Å². The maximum absolute atomic E-state index is 13.9. The SMILES string of the molecule is Cc1ccc(Cn2nc(-c3ccc(Cl)cc3)c3c2CCNCC3)cc1F. The first-order valence-corrected chi connectivity index (χ1v) is 9.30. The molecule has 0 aliphatic carbocycles. The highest BCUT2D eigenvalue weighted by atomic mass is 35.5. The quantitative estimate of drug-likeness (QED) is 0.742. The highest BCUT2D eigenvalue weighted by molar-refractivity contribution is 6.30. The number of nitrogens with zero attached hydrogens (tertiary/aromatic N) is 2. The lowest BCUT2D eigenvalue weighted by Crippen LogP contribution is -2.17. The fraction of sp³-hybridized carbons (Fsp3) is 0.286. The van der Waals surface area contributed by atoms with Gasteiger partial charge < -0.3 is 5.32 Å². The minimum absolute atomic E-state index is 0.166. The van der Waals surface area contributed by atoms with Crippen molar-refractivity contribution >= 4 is 11.6 Å².